The number of anilines is 1. The van der Waals surface area contributed by atoms with Crippen molar-refractivity contribution >= 4 is 17.6 Å². The van der Waals surface area contributed by atoms with Gasteiger partial charge in [-0.3, -0.25) is 14.7 Å². The number of nitrogens with one attached hydrogen (secondary N) is 1. The molecular weight excluding hydrogens is 430 g/mol. The largest absolute Gasteiger partial charge is 0.379 e. The lowest BCUT2D eigenvalue weighted by atomic mass is 9.96. The van der Waals surface area contributed by atoms with Crippen molar-refractivity contribution in [1.29, 1.82) is 0 Å². The van der Waals surface area contributed by atoms with Crippen molar-refractivity contribution < 1.29 is 14.3 Å². The molecule has 8 heteroatoms. The van der Waals surface area contributed by atoms with Crippen LogP contribution in [0.1, 0.15) is 24.8 Å². The van der Waals surface area contributed by atoms with Gasteiger partial charge in [0.1, 0.15) is 0 Å². The van der Waals surface area contributed by atoms with Crippen molar-refractivity contribution in [3.63, 3.8) is 0 Å². The first-order chi connectivity index (χ1) is 16.7. The van der Waals surface area contributed by atoms with E-state index in [2.05, 4.69) is 15.2 Å². The Kier molecular flexibility index (Phi) is 8.87. The van der Waals surface area contributed by atoms with Crippen LogP contribution in [0.5, 0.6) is 0 Å². The molecule has 2 aliphatic heterocycles. The minimum Gasteiger partial charge on any atom is -0.379 e. The molecule has 0 aliphatic carbocycles. The number of urea groups is 1. The highest BCUT2D eigenvalue weighted by Gasteiger charge is 2.31. The molecule has 8 nitrogen and oxygen atoms in total. The Hall–Kier alpha value is -2.97. The molecule has 2 aromatic rings. The van der Waals surface area contributed by atoms with Crippen molar-refractivity contribution in [2.75, 3.05) is 57.8 Å². The summed E-state index contributed by atoms with van der Waals surface area (Å²) >= 11 is 0. The number of para-hydroxylation sites is 1. The minimum atomic E-state index is -0.180. The van der Waals surface area contributed by atoms with Gasteiger partial charge in [-0.2, -0.15) is 0 Å². The Bertz CT molecular complexity index is 905. The number of nitrogens with zero attached hydrogens (tertiary/aromatic N) is 4. The molecule has 182 valence electrons. The van der Waals surface area contributed by atoms with E-state index >= 15 is 0 Å². The number of hydrogen-bond acceptors (Lipinski definition) is 5. The molecule has 0 spiro atoms. The van der Waals surface area contributed by atoms with Gasteiger partial charge in [-0.25, -0.2) is 4.79 Å². The zero-order valence-electron chi connectivity index (χ0n) is 19.8. The molecular formula is C26H35N5O3. The number of hydrogen-bond donors (Lipinski definition) is 1. The van der Waals surface area contributed by atoms with E-state index < -0.39 is 0 Å². The molecule has 0 radical (unpaired) electrons. The number of piperidine rings is 1. The lowest BCUT2D eigenvalue weighted by Crippen LogP contribution is -2.48. The summed E-state index contributed by atoms with van der Waals surface area (Å²) in [7, 11) is 0. The number of carbonyl (C=O) groups is 2. The zero-order valence-corrected chi connectivity index (χ0v) is 19.8. The summed E-state index contributed by atoms with van der Waals surface area (Å²) in [5, 5.41) is 2.95. The minimum absolute atomic E-state index is 0.135. The Labute approximate surface area is 201 Å². The topological polar surface area (TPSA) is 78.0 Å². The van der Waals surface area contributed by atoms with Crippen LogP contribution in [0.25, 0.3) is 0 Å². The Morgan fingerprint density at radius 1 is 1.06 bits per heavy atom. The van der Waals surface area contributed by atoms with Crippen LogP contribution >= 0.6 is 0 Å². The van der Waals surface area contributed by atoms with E-state index in [0.717, 1.165) is 63.4 Å². The van der Waals surface area contributed by atoms with Crippen LogP contribution in [0, 0.1) is 5.92 Å². The molecule has 1 atom stereocenters. The van der Waals surface area contributed by atoms with E-state index in [9.17, 15) is 9.59 Å². The van der Waals surface area contributed by atoms with Crippen molar-refractivity contribution in [2.24, 2.45) is 5.92 Å². The molecule has 0 bridgehead atoms. The van der Waals surface area contributed by atoms with Gasteiger partial charge in [0, 0.05) is 63.9 Å². The number of carbonyl (C=O) groups excluding carboxylic acids is 2. The standard InChI is InChI=1S/C26H35N5O3/c32-25(23-6-4-14-31(21-23)26(33)28-24-7-2-1-3-8-24)30(20-22-9-11-27-12-10-22)15-5-13-29-16-18-34-19-17-29/h1-3,7-12,23H,4-6,13-21H2,(H,28,33). The molecule has 3 amide bonds. The Morgan fingerprint density at radius 2 is 1.82 bits per heavy atom. The fraction of sp³-hybridized carbons (Fsp3) is 0.500. The molecule has 1 aromatic heterocycles. The predicted molar refractivity (Wildman–Crippen MR) is 131 cm³/mol. The molecule has 2 fully saturated rings. The van der Waals surface area contributed by atoms with Gasteiger partial charge in [0.05, 0.1) is 19.1 Å². The van der Waals surface area contributed by atoms with Gasteiger partial charge >= 0.3 is 6.03 Å². The predicted octanol–water partition coefficient (Wildman–Crippen LogP) is 3.08. The smallest absolute Gasteiger partial charge is 0.321 e. The van der Waals surface area contributed by atoms with Crippen LogP contribution in [0.2, 0.25) is 0 Å². The van der Waals surface area contributed by atoms with Gasteiger partial charge < -0.3 is 19.9 Å². The van der Waals surface area contributed by atoms with Crippen LogP contribution in [0.15, 0.2) is 54.9 Å². The normalized spacial score (nSPS) is 18.9. The molecule has 2 aliphatic rings. The monoisotopic (exact) mass is 465 g/mol. The molecule has 34 heavy (non-hydrogen) atoms. The fourth-order valence-corrected chi connectivity index (χ4v) is 4.63. The van der Waals surface area contributed by atoms with Gasteiger partial charge in [-0.05, 0) is 49.1 Å². The van der Waals surface area contributed by atoms with Crippen LogP contribution in [-0.4, -0.2) is 84.1 Å². The maximum Gasteiger partial charge on any atom is 0.321 e. The number of pyridine rings is 1. The van der Waals surface area contributed by atoms with Gasteiger partial charge in [0.25, 0.3) is 0 Å². The third kappa shape index (κ3) is 7.01. The van der Waals surface area contributed by atoms with Crippen molar-refractivity contribution in [1.82, 2.24) is 19.7 Å². The molecule has 2 saturated heterocycles. The van der Waals surface area contributed by atoms with Crippen LogP contribution in [0.3, 0.4) is 0 Å². The average molecular weight is 466 g/mol. The molecule has 3 heterocycles. The van der Waals surface area contributed by atoms with Gasteiger partial charge in [-0.1, -0.05) is 18.2 Å². The second-order valence-electron chi connectivity index (χ2n) is 9.00. The maximum atomic E-state index is 13.6. The number of likely N-dealkylation sites (tertiary alicyclic amines) is 1. The summed E-state index contributed by atoms with van der Waals surface area (Å²) in [4.78, 5) is 36.7. The lowest BCUT2D eigenvalue weighted by Gasteiger charge is -2.35. The van der Waals surface area contributed by atoms with Gasteiger partial charge in [-0.15, -0.1) is 0 Å². The van der Waals surface area contributed by atoms with Crippen molar-refractivity contribution in [3.8, 4) is 0 Å². The first kappa shape index (κ1) is 24.2. The number of benzene rings is 1. The van der Waals surface area contributed by atoms with E-state index in [1.165, 1.54) is 0 Å². The summed E-state index contributed by atoms with van der Waals surface area (Å²) in [6.07, 6.45) is 6.09. The van der Waals surface area contributed by atoms with E-state index in [4.69, 9.17) is 4.74 Å². The summed E-state index contributed by atoms with van der Waals surface area (Å²) in [5.41, 5.74) is 1.84. The van der Waals surface area contributed by atoms with Crippen LogP contribution < -0.4 is 5.32 Å². The SMILES string of the molecule is O=C(Nc1ccccc1)N1CCCC(C(=O)N(CCCN2CCOCC2)Cc2ccncc2)C1. The average Bonchev–Trinajstić information content (AvgIpc) is 2.89. The summed E-state index contributed by atoms with van der Waals surface area (Å²) < 4.78 is 5.44. The molecule has 1 N–H and O–H groups in total. The second kappa shape index (κ2) is 12.5. The quantitative estimate of drug-likeness (QED) is 0.648. The summed E-state index contributed by atoms with van der Waals surface area (Å²) in [6, 6.07) is 13.2. The number of aromatic nitrogens is 1. The summed E-state index contributed by atoms with van der Waals surface area (Å²) in [6.45, 7) is 6.81. The first-order valence-corrected chi connectivity index (χ1v) is 12.3. The number of rotatable bonds is 8. The third-order valence-corrected chi connectivity index (χ3v) is 6.52. The molecule has 4 rings (SSSR count). The Morgan fingerprint density at radius 3 is 2.59 bits per heavy atom. The van der Waals surface area contributed by atoms with E-state index in [1.54, 1.807) is 17.3 Å². The highest BCUT2D eigenvalue weighted by molar-refractivity contribution is 5.90. The highest BCUT2D eigenvalue weighted by atomic mass is 16.5. The fourth-order valence-electron chi connectivity index (χ4n) is 4.63. The number of ether oxygens (including phenoxy) is 1. The van der Waals surface area contributed by atoms with Gasteiger partial charge in [0.2, 0.25) is 5.91 Å². The molecule has 0 saturated carbocycles. The number of amides is 3. The highest BCUT2D eigenvalue weighted by Crippen LogP contribution is 2.21. The maximum absolute atomic E-state index is 13.6. The van der Waals surface area contributed by atoms with E-state index in [0.29, 0.717) is 26.2 Å². The van der Waals surface area contributed by atoms with Crippen LogP contribution in [0.4, 0.5) is 10.5 Å². The molecule has 1 unspecified atom stereocenters. The number of morpholine rings is 1. The Balaban J connectivity index is 1.36. The van der Waals surface area contributed by atoms with Gasteiger partial charge in [0.15, 0.2) is 0 Å². The van der Waals surface area contributed by atoms with E-state index in [1.807, 2.05) is 47.4 Å². The molecule has 1 aromatic carbocycles. The lowest BCUT2D eigenvalue weighted by molar-refractivity contribution is -0.137. The third-order valence-electron chi connectivity index (χ3n) is 6.52. The van der Waals surface area contributed by atoms with Crippen molar-refractivity contribution in [3.05, 3.63) is 60.4 Å². The van der Waals surface area contributed by atoms with Crippen LogP contribution in [-0.2, 0) is 16.1 Å². The summed E-state index contributed by atoms with van der Waals surface area (Å²) in [5.74, 6) is -0.0449. The second-order valence-corrected chi connectivity index (χ2v) is 9.00. The van der Waals surface area contributed by atoms with Crippen molar-refractivity contribution in [2.45, 2.75) is 25.8 Å². The van der Waals surface area contributed by atoms with E-state index in [-0.39, 0.29) is 17.9 Å². The zero-order chi connectivity index (χ0) is 23.6. The first-order valence-electron chi connectivity index (χ1n) is 12.3.